The Bertz CT molecular complexity index is 1520. The van der Waals surface area contributed by atoms with Crippen molar-refractivity contribution in [2.75, 3.05) is 5.32 Å². The van der Waals surface area contributed by atoms with Crippen LogP contribution in [-0.4, -0.2) is 40.1 Å². The highest BCUT2D eigenvalue weighted by Gasteiger charge is 2.30. The van der Waals surface area contributed by atoms with Gasteiger partial charge in [-0.15, -0.1) is 10.2 Å². The van der Waals surface area contributed by atoms with Crippen molar-refractivity contribution in [3.05, 3.63) is 83.2 Å². The lowest BCUT2D eigenvalue weighted by Gasteiger charge is -2.11. The Labute approximate surface area is 205 Å². The number of hydrogen-bond donors (Lipinski definition) is 1. The van der Waals surface area contributed by atoms with Gasteiger partial charge in [-0.25, -0.2) is 13.1 Å². The molecule has 1 N–H and O–H groups in total. The zero-order chi connectivity index (χ0) is 26.0. The minimum absolute atomic E-state index is 0.236. The lowest BCUT2D eigenvalue weighted by Crippen LogP contribution is -2.19. The van der Waals surface area contributed by atoms with Crippen LogP contribution in [0.4, 0.5) is 14.5 Å². The normalized spacial score (nSPS) is 11.5. The van der Waals surface area contributed by atoms with Gasteiger partial charge >= 0.3 is 5.76 Å². The van der Waals surface area contributed by atoms with Crippen LogP contribution in [0.15, 0.2) is 65.6 Å². The maximum atomic E-state index is 13.0. The number of aromatic nitrogens is 4. The van der Waals surface area contributed by atoms with Crippen molar-refractivity contribution in [2.24, 2.45) is 0 Å². The van der Waals surface area contributed by atoms with Crippen molar-refractivity contribution in [2.45, 2.75) is 31.4 Å². The SMILES string of the molecule is Cc1nn(-c2ccc(Oc3ccc(NC(=O)c4ccccc4S(=O)(=O)C(F)F)cc3)nn2)c(C)c1C. The molecule has 0 saturated carbocycles. The Hall–Kier alpha value is -4.19. The molecule has 36 heavy (non-hydrogen) atoms. The molecule has 0 aliphatic carbocycles. The predicted octanol–water partition coefficient (Wildman–Crippen LogP) is 4.63. The standard InChI is InChI=1S/C24H21F2N5O4S/c1-14-15(2)30-31(16(14)3)21-12-13-22(29-28-21)35-18-10-8-17(9-11-18)27-23(32)19-6-4-5-7-20(19)36(33,34)24(25)26/h4-13,24H,1-3H3,(H,27,32). The van der Waals surface area contributed by atoms with E-state index in [2.05, 4.69) is 20.6 Å². The molecule has 1 amide bonds. The van der Waals surface area contributed by atoms with E-state index < -0.39 is 26.4 Å². The molecule has 0 spiro atoms. The highest BCUT2D eigenvalue weighted by Crippen LogP contribution is 2.25. The summed E-state index contributed by atoms with van der Waals surface area (Å²) in [7, 11) is -4.94. The van der Waals surface area contributed by atoms with Crippen molar-refractivity contribution in [3.63, 3.8) is 0 Å². The van der Waals surface area contributed by atoms with Crippen molar-refractivity contribution in [1.29, 1.82) is 0 Å². The maximum absolute atomic E-state index is 13.0. The molecule has 186 valence electrons. The number of carbonyl (C=O) groups is 1. The van der Waals surface area contributed by atoms with E-state index in [9.17, 15) is 22.0 Å². The van der Waals surface area contributed by atoms with Crippen LogP contribution in [0, 0.1) is 20.8 Å². The number of aryl methyl sites for hydroxylation is 1. The molecule has 0 aliphatic heterocycles. The average Bonchev–Trinajstić information content (AvgIpc) is 3.12. The number of ether oxygens (including phenoxy) is 1. The summed E-state index contributed by atoms with van der Waals surface area (Å²) in [6, 6.07) is 14.3. The molecule has 2 aromatic heterocycles. The van der Waals surface area contributed by atoms with E-state index in [0.29, 0.717) is 17.3 Å². The molecular weight excluding hydrogens is 492 g/mol. The van der Waals surface area contributed by atoms with Crippen LogP contribution in [0.3, 0.4) is 0 Å². The number of nitrogens with zero attached hydrogens (tertiary/aromatic N) is 4. The van der Waals surface area contributed by atoms with E-state index in [4.69, 9.17) is 4.74 Å². The molecule has 4 aromatic rings. The van der Waals surface area contributed by atoms with Gasteiger partial charge in [0.15, 0.2) is 5.82 Å². The van der Waals surface area contributed by atoms with Gasteiger partial charge in [0.1, 0.15) is 5.75 Å². The highest BCUT2D eigenvalue weighted by molar-refractivity contribution is 7.91. The first-order valence-electron chi connectivity index (χ1n) is 10.6. The van der Waals surface area contributed by atoms with Gasteiger partial charge in [0, 0.05) is 17.4 Å². The Morgan fingerprint density at radius 1 is 0.972 bits per heavy atom. The van der Waals surface area contributed by atoms with E-state index >= 15 is 0 Å². The third-order valence-electron chi connectivity index (χ3n) is 5.50. The zero-order valence-corrected chi connectivity index (χ0v) is 20.3. The van der Waals surface area contributed by atoms with Gasteiger partial charge in [-0.1, -0.05) is 12.1 Å². The molecule has 12 heteroatoms. The molecule has 0 unspecified atom stereocenters. The van der Waals surface area contributed by atoms with Crippen molar-refractivity contribution in [1.82, 2.24) is 20.0 Å². The van der Waals surface area contributed by atoms with Crippen LogP contribution in [0.2, 0.25) is 0 Å². The lowest BCUT2D eigenvalue weighted by atomic mass is 10.2. The number of alkyl halides is 2. The molecule has 0 atom stereocenters. The Morgan fingerprint density at radius 3 is 2.25 bits per heavy atom. The largest absolute Gasteiger partial charge is 0.438 e. The average molecular weight is 514 g/mol. The molecular formula is C24H21F2N5O4S. The van der Waals surface area contributed by atoms with E-state index in [1.165, 1.54) is 24.3 Å². The number of benzene rings is 2. The quantitative estimate of drug-likeness (QED) is 0.383. The highest BCUT2D eigenvalue weighted by atomic mass is 32.2. The van der Waals surface area contributed by atoms with Gasteiger partial charge in [0.25, 0.3) is 5.91 Å². The van der Waals surface area contributed by atoms with Gasteiger partial charge in [-0.05, 0) is 68.8 Å². The summed E-state index contributed by atoms with van der Waals surface area (Å²) >= 11 is 0. The molecule has 0 fully saturated rings. The van der Waals surface area contributed by atoms with Crippen molar-refractivity contribution in [3.8, 4) is 17.4 Å². The van der Waals surface area contributed by atoms with Crippen LogP contribution >= 0.6 is 0 Å². The first-order chi connectivity index (χ1) is 17.1. The lowest BCUT2D eigenvalue weighted by molar-refractivity contribution is 0.102. The first kappa shape index (κ1) is 24.9. The Morgan fingerprint density at radius 2 is 1.67 bits per heavy atom. The Kier molecular flexibility index (Phi) is 6.80. The summed E-state index contributed by atoms with van der Waals surface area (Å²) in [4.78, 5) is 11.9. The van der Waals surface area contributed by atoms with Crippen LogP contribution in [0.25, 0.3) is 5.82 Å². The minimum atomic E-state index is -4.94. The van der Waals surface area contributed by atoms with Gasteiger partial charge in [0.05, 0.1) is 16.2 Å². The third-order valence-corrected chi connectivity index (χ3v) is 6.94. The van der Waals surface area contributed by atoms with E-state index in [1.807, 2.05) is 20.8 Å². The number of nitrogens with one attached hydrogen (secondary N) is 1. The molecule has 2 heterocycles. The topological polar surface area (TPSA) is 116 Å². The van der Waals surface area contributed by atoms with Crippen LogP contribution in [0.1, 0.15) is 27.3 Å². The van der Waals surface area contributed by atoms with Gasteiger partial charge < -0.3 is 10.1 Å². The smallest absolute Gasteiger partial charge is 0.341 e. The number of halogens is 2. The number of anilines is 1. The van der Waals surface area contributed by atoms with E-state index in [0.717, 1.165) is 29.1 Å². The van der Waals surface area contributed by atoms with E-state index in [-0.39, 0.29) is 11.4 Å². The minimum Gasteiger partial charge on any atom is -0.438 e. The summed E-state index contributed by atoms with van der Waals surface area (Å²) < 4.78 is 57.2. The summed E-state index contributed by atoms with van der Waals surface area (Å²) in [5.41, 5.74) is 2.86. The fourth-order valence-corrected chi connectivity index (χ4v) is 4.28. The number of sulfone groups is 1. The number of amides is 1. The monoisotopic (exact) mass is 513 g/mol. The van der Waals surface area contributed by atoms with Gasteiger partial charge in [-0.2, -0.15) is 13.9 Å². The van der Waals surface area contributed by atoms with E-state index in [1.54, 1.807) is 28.9 Å². The summed E-state index contributed by atoms with van der Waals surface area (Å²) in [5, 5.41) is 15.2. The molecule has 4 rings (SSSR count). The van der Waals surface area contributed by atoms with Crippen molar-refractivity contribution >= 4 is 21.4 Å². The van der Waals surface area contributed by atoms with Gasteiger partial charge in [-0.3, -0.25) is 4.79 Å². The molecule has 0 radical (unpaired) electrons. The van der Waals surface area contributed by atoms with Crippen LogP contribution in [0.5, 0.6) is 11.6 Å². The molecule has 0 aliphatic rings. The maximum Gasteiger partial charge on any atom is 0.341 e. The Balaban J connectivity index is 1.45. The van der Waals surface area contributed by atoms with Gasteiger partial charge in [0.2, 0.25) is 15.7 Å². The summed E-state index contributed by atoms with van der Waals surface area (Å²) in [6.45, 7) is 5.84. The second-order valence-electron chi connectivity index (χ2n) is 7.82. The molecule has 2 aromatic carbocycles. The number of hydrogen-bond acceptors (Lipinski definition) is 7. The summed E-state index contributed by atoms with van der Waals surface area (Å²) in [6.07, 6.45) is 0. The van der Waals surface area contributed by atoms with Crippen molar-refractivity contribution < 1.29 is 26.7 Å². The van der Waals surface area contributed by atoms with Crippen LogP contribution in [-0.2, 0) is 9.84 Å². The molecule has 0 bridgehead atoms. The summed E-state index contributed by atoms with van der Waals surface area (Å²) in [5.74, 6) is -3.30. The fourth-order valence-electron chi connectivity index (χ4n) is 3.35. The molecule has 0 saturated heterocycles. The van der Waals surface area contributed by atoms with Crippen LogP contribution < -0.4 is 10.1 Å². The third kappa shape index (κ3) is 4.93. The molecule has 9 nitrogen and oxygen atoms in total. The zero-order valence-electron chi connectivity index (χ0n) is 19.4. The second-order valence-corrected chi connectivity index (χ2v) is 9.71. The fraction of sp³-hybridized carbons (Fsp3) is 0.167. The predicted molar refractivity (Wildman–Crippen MR) is 127 cm³/mol. The first-order valence-corrected chi connectivity index (χ1v) is 12.2. The second kappa shape index (κ2) is 9.82. The number of rotatable bonds is 7. The number of carbonyl (C=O) groups excluding carboxylic acids is 1.